The second-order valence-corrected chi connectivity index (χ2v) is 10.4. The van der Waals surface area contributed by atoms with Gasteiger partial charge in [-0.05, 0) is 59.4 Å². The Kier molecular flexibility index (Phi) is 6.81. The van der Waals surface area contributed by atoms with Gasteiger partial charge in [0.15, 0.2) is 11.6 Å². The lowest BCUT2D eigenvalue weighted by molar-refractivity contribution is -0.117. The van der Waals surface area contributed by atoms with Gasteiger partial charge in [0.2, 0.25) is 0 Å². The summed E-state index contributed by atoms with van der Waals surface area (Å²) < 4.78 is 27.5. The third kappa shape index (κ3) is 4.51. The number of carbonyl (C=O) groups is 3. The summed E-state index contributed by atoms with van der Waals surface area (Å²) in [5.41, 5.74) is 4.97. The summed E-state index contributed by atoms with van der Waals surface area (Å²) in [6, 6.07) is 26.7. The van der Waals surface area contributed by atoms with Crippen molar-refractivity contribution >= 4 is 17.3 Å². The lowest BCUT2D eigenvalue weighted by Gasteiger charge is -2.20. The first-order valence-electron chi connectivity index (χ1n) is 13.5. The van der Waals surface area contributed by atoms with E-state index in [1.54, 1.807) is 48.5 Å². The van der Waals surface area contributed by atoms with Gasteiger partial charge >= 0.3 is 0 Å². The minimum Gasteiger partial charge on any atom is -0.300 e. The molecule has 0 heterocycles. The molecule has 0 amide bonds. The van der Waals surface area contributed by atoms with Crippen LogP contribution in [-0.4, -0.2) is 17.3 Å². The number of hydrogen-bond acceptors (Lipinski definition) is 3. The number of hydrogen-bond donors (Lipinski definition) is 0. The molecule has 0 spiro atoms. The van der Waals surface area contributed by atoms with Gasteiger partial charge in [-0.3, -0.25) is 14.4 Å². The van der Waals surface area contributed by atoms with Crippen LogP contribution in [0.3, 0.4) is 0 Å². The zero-order valence-electron chi connectivity index (χ0n) is 21.7. The molecule has 0 aromatic heterocycles. The number of fused-ring (bicyclic) bond motifs is 2. The number of rotatable bonds is 2. The molecule has 3 nitrogen and oxygen atoms in total. The van der Waals surface area contributed by atoms with Gasteiger partial charge in [-0.2, -0.15) is 0 Å². The van der Waals surface area contributed by atoms with Gasteiger partial charge in [-0.1, -0.05) is 72.8 Å². The first-order valence-corrected chi connectivity index (χ1v) is 13.5. The monoisotopic (exact) mass is 532 g/mol. The average Bonchev–Trinajstić information content (AvgIpc) is 3.65. The second-order valence-electron chi connectivity index (χ2n) is 10.4. The number of carbonyl (C=O) groups excluding carboxylic acids is 3. The number of halogens is 2. The first kappa shape index (κ1) is 25.8. The number of benzene rings is 4. The van der Waals surface area contributed by atoms with Gasteiger partial charge in [0.1, 0.15) is 17.4 Å². The van der Waals surface area contributed by atoms with Gasteiger partial charge in [-0.15, -0.1) is 0 Å². The molecule has 3 aliphatic carbocycles. The summed E-state index contributed by atoms with van der Waals surface area (Å²) in [5.74, 6) is -1.69. The predicted octanol–water partition coefficient (Wildman–Crippen LogP) is 7.75. The molecule has 7 rings (SSSR count). The Labute approximate surface area is 231 Å². The third-order valence-electron chi connectivity index (χ3n) is 7.96. The van der Waals surface area contributed by atoms with Crippen molar-refractivity contribution in [3.63, 3.8) is 0 Å². The van der Waals surface area contributed by atoms with E-state index in [4.69, 9.17) is 0 Å². The maximum Gasteiger partial charge on any atom is 0.190 e. The number of ketones is 3. The molecule has 3 aliphatic rings. The van der Waals surface area contributed by atoms with Gasteiger partial charge < -0.3 is 0 Å². The van der Waals surface area contributed by atoms with Crippen LogP contribution in [0.1, 0.15) is 80.5 Å². The largest absolute Gasteiger partial charge is 0.300 e. The van der Waals surface area contributed by atoms with Gasteiger partial charge in [0.25, 0.3) is 0 Å². The quantitative estimate of drug-likeness (QED) is 0.248. The van der Waals surface area contributed by atoms with Crippen LogP contribution in [0.5, 0.6) is 0 Å². The zero-order valence-corrected chi connectivity index (χ0v) is 21.7. The van der Waals surface area contributed by atoms with Crippen molar-refractivity contribution in [2.45, 2.75) is 37.5 Å². The Morgan fingerprint density at radius 2 is 0.875 bits per heavy atom. The van der Waals surface area contributed by atoms with Crippen LogP contribution >= 0.6 is 0 Å². The van der Waals surface area contributed by atoms with E-state index < -0.39 is 11.8 Å². The van der Waals surface area contributed by atoms with Gasteiger partial charge in [-0.25, -0.2) is 8.78 Å². The van der Waals surface area contributed by atoms with Gasteiger partial charge in [0, 0.05) is 47.0 Å². The van der Waals surface area contributed by atoms with Crippen molar-refractivity contribution < 1.29 is 23.2 Å². The minimum absolute atomic E-state index is 0.201. The van der Waals surface area contributed by atoms with E-state index in [1.807, 2.05) is 24.3 Å². The fourth-order valence-electron chi connectivity index (χ4n) is 6.10. The van der Waals surface area contributed by atoms with Crippen molar-refractivity contribution in [1.82, 2.24) is 0 Å². The number of Topliss-reactive ketones (excluding diaryl/α,β-unsaturated/α-hetero) is 3. The fraction of sp³-hybridized carbons (Fsp3) is 0.171. The summed E-state index contributed by atoms with van der Waals surface area (Å²) in [6.45, 7) is 0. The molecule has 1 saturated carbocycles. The van der Waals surface area contributed by atoms with Crippen LogP contribution in [-0.2, 0) is 4.79 Å². The molecule has 1 fully saturated rings. The van der Waals surface area contributed by atoms with E-state index in [0.29, 0.717) is 28.1 Å². The van der Waals surface area contributed by atoms with Crippen LogP contribution in [0, 0.1) is 11.6 Å². The van der Waals surface area contributed by atoms with Crippen LogP contribution in [0.2, 0.25) is 0 Å². The van der Waals surface area contributed by atoms with E-state index in [2.05, 4.69) is 0 Å². The van der Waals surface area contributed by atoms with E-state index in [1.165, 1.54) is 24.3 Å². The molecule has 0 unspecified atom stereocenters. The van der Waals surface area contributed by atoms with Gasteiger partial charge in [0.05, 0.1) is 0 Å². The second kappa shape index (κ2) is 10.6. The highest BCUT2D eigenvalue weighted by Crippen LogP contribution is 2.51. The molecule has 198 valence electrons. The Bertz CT molecular complexity index is 1540. The number of allylic oxidation sites excluding steroid dienone is 2. The topological polar surface area (TPSA) is 51.2 Å². The van der Waals surface area contributed by atoms with Crippen molar-refractivity contribution in [3.8, 4) is 0 Å². The molecular formula is C35H26F2O3. The third-order valence-corrected chi connectivity index (χ3v) is 7.96. The molecule has 4 aromatic carbocycles. The van der Waals surface area contributed by atoms with Crippen LogP contribution in [0.25, 0.3) is 0 Å². The molecular weight excluding hydrogens is 506 g/mol. The maximum absolute atomic E-state index is 13.8. The Balaban J connectivity index is 0.000000429. The summed E-state index contributed by atoms with van der Waals surface area (Å²) in [7, 11) is 0. The SMILES string of the molecule is O=C1/C(=C2/C(=O)c3ccccc3[C@@H]2c2ccc(F)cc2)[C@@H](c2ccc(F)cc2)c2ccccc21.O=C1CCCC1. The normalized spacial score (nSPS) is 21.2. The van der Waals surface area contributed by atoms with E-state index in [9.17, 15) is 23.2 Å². The minimum atomic E-state index is -0.500. The van der Waals surface area contributed by atoms with E-state index in [0.717, 1.165) is 47.9 Å². The highest BCUT2D eigenvalue weighted by Gasteiger charge is 2.45. The molecule has 0 saturated heterocycles. The summed E-state index contributed by atoms with van der Waals surface area (Å²) in [6.07, 6.45) is 3.97. The lowest BCUT2D eigenvalue weighted by Crippen LogP contribution is -2.13. The van der Waals surface area contributed by atoms with Crippen LogP contribution in [0.4, 0.5) is 8.78 Å². The standard InChI is InChI=1S/C30H18F2O2.C5H8O/c31-19-13-9-17(10-14-19)25-21-5-1-3-7-23(21)29(33)27(25)28-26(18-11-15-20(32)16-12-18)22-6-2-4-8-24(22)30(28)34;6-5-3-1-2-4-5/h1-16,25-26H;1-4H2/b28-27+;/t25-,26-;/m0./s1. The molecule has 40 heavy (non-hydrogen) atoms. The van der Waals surface area contributed by atoms with E-state index in [-0.39, 0.29) is 23.2 Å². The van der Waals surface area contributed by atoms with Crippen molar-refractivity contribution in [2.75, 3.05) is 0 Å². The summed E-state index contributed by atoms with van der Waals surface area (Å²) in [4.78, 5) is 37.9. The molecule has 0 radical (unpaired) electrons. The molecule has 4 aromatic rings. The van der Waals surface area contributed by atoms with Crippen molar-refractivity contribution in [1.29, 1.82) is 0 Å². The van der Waals surface area contributed by atoms with Crippen LogP contribution < -0.4 is 0 Å². The Hall–Kier alpha value is -4.51. The predicted molar refractivity (Wildman–Crippen MR) is 149 cm³/mol. The summed E-state index contributed by atoms with van der Waals surface area (Å²) in [5, 5.41) is 0. The highest BCUT2D eigenvalue weighted by atomic mass is 19.1. The fourth-order valence-corrected chi connectivity index (χ4v) is 6.10. The Morgan fingerprint density at radius 1 is 0.500 bits per heavy atom. The molecule has 0 bridgehead atoms. The highest BCUT2D eigenvalue weighted by molar-refractivity contribution is 6.24. The zero-order chi connectivity index (χ0) is 27.8. The maximum atomic E-state index is 13.8. The lowest BCUT2D eigenvalue weighted by atomic mass is 9.81. The molecule has 0 aliphatic heterocycles. The summed E-state index contributed by atoms with van der Waals surface area (Å²) >= 11 is 0. The van der Waals surface area contributed by atoms with Crippen LogP contribution in [0.15, 0.2) is 108 Å². The molecule has 0 N–H and O–H groups in total. The van der Waals surface area contributed by atoms with E-state index >= 15 is 0 Å². The first-order chi connectivity index (χ1) is 19.4. The Morgan fingerprint density at radius 3 is 1.23 bits per heavy atom. The molecule has 2 atom stereocenters. The smallest absolute Gasteiger partial charge is 0.190 e. The molecule has 5 heteroatoms. The van der Waals surface area contributed by atoms with Crippen molar-refractivity contribution in [2.24, 2.45) is 0 Å². The average molecular weight is 533 g/mol. The van der Waals surface area contributed by atoms with Crippen molar-refractivity contribution in [3.05, 3.63) is 153 Å².